The molecule has 0 unspecified atom stereocenters. The molecular weight excluding hydrogens is 198 g/mol. The third-order valence-electron chi connectivity index (χ3n) is 1.94. The lowest BCUT2D eigenvalue weighted by Crippen LogP contribution is -2.03. The molecule has 0 aromatic carbocycles. The zero-order chi connectivity index (χ0) is 10.2. The van der Waals surface area contributed by atoms with Crippen LogP contribution in [-0.2, 0) is 0 Å². The van der Waals surface area contributed by atoms with Gasteiger partial charge in [-0.15, -0.1) is 0 Å². The molecule has 3 nitrogen and oxygen atoms in total. The number of nitrogens with zero attached hydrogens (tertiary/aromatic N) is 2. The number of nitrogens with one attached hydrogen (secondary N) is 1. The number of hydrogen-bond acceptors (Lipinski definition) is 3. The van der Waals surface area contributed by atoms with Crippen molar-refractivity contribution in [1.82, 2.24) is 9.97 Å². The minimum Gasteiger partial charge on any atom is -0.369 e. The van der Waals surface area contributed by atoms with Gasteiger partial charge in [-0.1, -0.05) is 37.8 Å². The van der Waals surface area contributed by atoms with Gasteiger partial charge in [-0.2, -0.15) is 0 Å². The first-order valence-electron chi connectivity index (χ1n) is 5.04. The minimum atomic E-state index is 0.434. The molecule has 78 valence electrons. The third-order valence-corrected chi connectivity index (χ3v) is 2.12. The highest BCUT2D eigenvalue weighted by Gasteiger charge is 1.94. The smallest absolute Gasteiger partial charge is 0.149 e. The number of hydrogen-bond donors (Lipinski definition) is 1. The molecule has 1 aromatic heterocycles. The van der Waals surface area contributed by atoms with Gasteiger partial charge in [0.15, 0.2) is 0 Å². The molecule has 1 rings (SSSR count). The zero-order valence-electron chi connectivity index (χ0n) is 8.46. The quantitative estimate of drug-likeness (QED) is 0.738. The van der Waals surface area contributed by atoms with Crippen molar-refractivity contribution < 1.29 is 0 Å². The maximum absolute atomic E-state index is 5.69. The number of halogens is 1. The summed E-state index contributed by atoms with van der Waals surface area (Å²) in [6, 6.07) is 0. The van der Waals surface area contributed by atoms with E-state index < -0.39 is 0 Å². The normalized spacial score (nSPS) is 10.1. The summed E-state index contributed by atoms with van der Waals surface area (Å²) in [5.74, 6) is 0.758. The van der Waals surface area contributed by atoms with Gasteiger partial charge in [0.2, 0.25) is 0 Å². The van der Waals surface area contributed by atoms with E-state index in [0.717, 1.165) is 12.4 Å². The molecule has 1 aromatic rings. The lowest BCUT2D eigenvalue weighted by molar-refractivity contribution is 0.684. The van der Waals surface area contributed by atoms with Crippen LogP contribution < -0.4 is 5.32 Å². The summed E-state index contributed by atoms with van der Waals surface area (Å²) in [6.45, 7) is 3.14. The van der Waals surface area contributed by atoms with Crippen LogP contribution in [0.15, 0.2) is 12.4 Å². The Morgan fingerprint density at radius 2 is 2.14 bits per heavy atom. The summed E-state index contributed by atoms with van der Waals surface area (Å²) < 4.78 is 0. The maximum Gasteiger partial charge on any atom is 0.149 e. The Kier molecular flexibility index (Phi) is 5.30. The molecule has 0 atom stereocenters. The topological polar surface area (TPSA) is 37.8 Å². The molecule has 0 saturated carbocycles. The van der Waals surface area contributed by atoms with E-state index in [9.17, 15) is 0 Å². The standard InChI is InChI=1S/C10H16ClN3/c1-2-3-4-5-6-13-10-8-12-7-9(11)14-10/h7-8H,2-6H2,1H3,(H,13,14). The van der Waals surface area contributed by atoms with Gasteiger partial charge in [-0.3, -0.25) is 4.98 Å². The van der Waals surface area contributed by atoms with E-state index in [-0.39, 0.29) is 0 Å². The molecule has 0 spiro atoms. The molecule has 0 saturated heterocycles. The summed E-state index contributed by atoms with van der Waals surface area (Å²) in [5.41, 5.74) is 0. The first-order valence-corrected chi connectivity index (χ1v) is 5.42. The lowest BCUT2D eigenvalue weighted by atomic mass is 10.2. The van der Waals surface area contributed by atoms with E-state index in [4.69, 9.17) is 11.6 Å². The fraction of sp³-hybridized carbons (Fsp3) is 0.600. The van der Waals surface area contributed by atoms with Crippen LogP contribution in [0, 0.1) is 0 Å². The summed E-state index contributed by atoms with van der Waals surface area (Å²) in [6.07, 6.45) is 8.20. The maximum atomic E-state index is 5.69. The Morgan fingerprint density at radius 3 is 2.86 bits per heavy atom. The number of unbranched alkanes of at least 4 members (excludes halogenated alkanes) is 3. The second kappa shape index (κ2) is 6.60. The molecule has 0 aliphatic rings. The number of rotatable bonds is 6. The summed E-state index contributed by atoms with van der Waals surface area (Å²) in [4.78, 5) is 8.03. The highest BCUT2D eigenvalue weighted by atomic mass is 35.5. The fourth-order valence-corrected chi connectivity index (χ4v) is 1.34. The molecule has 4 heteroatoms. The van der Waals surface area contributed by atoms with E-state index in [1.807, 2.05) is 0 Å². The van der Waals surface area contributed by atoms with Crippen molar-refractivity contribution in [2.45, 2.75) is 32.6 Å². The van der Waals surface area contributed by atoms with Crippen molar-refractivity contribution >= 4 is 17.4 Å². The molecule has 0 aliphatic heterocycles. The fourth-order valence-electron chi connectivity index (χ4n) is 1.20. The van der Waals surface area contributed by atoms with Gasteiger partial charge < -0.3 is 5.32 Å². The predicted octanol–water partition coefficient (Wildman–Crippen LogP) is 3.12. The van der Waals surface area contributed by atoms with Crippen LogP contribution in [0.5, 0.6) is 0 Å². The van der Waals surface area contributed by atoms with Crippen molar-refractivity contribution in [3.63, 3.8) is 0 Å². The van der Waals surface area contributed by atoms with E-state index in [2.05, 4.69) is 22.2 Å². The molecule has 0 fully saturated rings. The molecule has 1 N–H and O–H groups in total. The van der Waals surface area contributed by atoms with Crippen LogP contribution in [-0.4, -0.2) is 16.5 Å². The first kappa shape index (κ1) is 11.2. The molecule has 0 bridgehead atoms. The van der Waals surface area contributed by atoms with Crippen LogP contribution in [0.25, 0.3) is 0 Å². The summed E-state index contributed by atoms with van der Waals surface area (Å²) in [5, 5.41) is 3.62. The van der Waals surface area contributed by atoms with Gasteiger partial charge in [0.1, 0.15) is 11.0 Å². The van der Waals surface area contributed by atoms with Gasteiger partial charge >= 0.3 is 0 Å². The second-order valence-corrected chi connectivity index (χ2v) is 3.60. The van der Waals surface area contributed by atoms with Crippen LogP contribution in [0.3, 0.4) is 0 Å². The van der Waals surface area contributed by atoms with E-state index in [1.165, 1.54) is 31.9 Å². The van der Waals surface area contributed by atoms with Crippen molar-refractivity contribution in [2.75, 3.05) is 11.9 Å². The molecular formula is C10H16ClN3. The SMILES string of the molecule is CCCCCCNc1cncc(Cl)n1. The second-order valence-electron chi connectivity index (χ2n) is 3.21. The van der Waals surface area contributed by atoms with Crippen molar-refractivity contribution in [2.24, 2.45) is 0 Å². The lowest BCUT2D eigenvalue weighted by Gasteiger charge is -2.04. The molecule has 14 heavy (non-hydrogen) atoms. The first-order chi connectivity index (χ1) is 6.83. The minimum absolute atomic E-state index is 0.434. The van der Waals surface area contributed by atoms with Gasteiger partial charge in [0, 0.05) is 6.54 Å². The largest absolute Gasteiger partial charge is 0.369 e. The van der Waals surface area contributed by atoms with Crippen LogP contribution >= 0.6 is 11.6 Å². The Hall–Kier alpha value is -0.830. The Balaban J connectivity index is 2.18. The molecule has 0 amide bonds. The van der Waals surface area contributed by atoms with E-state index >= 15 is 0 Å². The molecule has 0 aliphatic carbocycles. The number of anilines is 1. The van der Waals surface area contributed by atoms with Crippen LogP contribution in [0.4, 0.5) is 5.82 Å². The third kappa shape index (κ3) is 4.42. The monoisotopic (exact) mass is 213 g/mol. The Morgan fingerprint density at radius 1 is 1.29 bits per heavy atom. The zero-order valence-corrected chi connectivity index (χ0v) is 9.22. The van der Waals surface area contributed by atoms with Gasteiger partial charge in [-0.25, -0.2) is 4.98 Å². The Labute approximate surface area is 89.9 Å². The molecule has 0 radical (unpaired) electrons. The van der Waals surface area contributed by atoms with Crippen LogP contribution in [0.1, 0.15) is 32.6 Å². The predicted molar refractivity (Wildman–Crippen MR) is 59.7 cm³/mol. The van der Waals surface area contributed by atoms with Gasteiger partial charge in [0.25, 0.3) is 0 Å². The van der Waals surface area contributed by atoms with Crippen molar-refractivity contribution in [3.8, 4) is 0 Å². The van der Waals surface area contributed by atoms with E-state index in [1.54, 1.807) is 6.20 Å². The molecule has 1 heterocycles. The van der Waals surface area contributed by atoms with Gasteiger partial charge in [0.05, 0.1) is 12.4 Å². The Bertz CT molecular complexity index is 265. The van der Waals surface area contributed by atoms with E-state index in [0.29, 0.717) is 5.15 Å². The van der Waals surface area contributed by atoms with Crippen molar-refractivity contribution in [1.29, 1.82) is 0 Å². The average molecular weight is 214 g/mol. The summed E-state index contributed by atoms with van der Waals surface area (Å²) >= 11 is 5.69. The summed E-state index contributed by atoms with van der Waals surface area (Å²) in [7, 11) is 0. The average Bonchev–Trinajstić information content (AvgIpc) is 2.18. The van der Waals surface area contributed by atoms with Crippen LogP contribution in [0.2, 0.25) is 5.15 Å². The van der Waals surface area contributed by atoms with Gasteiger partial charge in [-0.05, 0) is 6.42 Å². The highest BCUT2D eigenvalue weighted by molar-refractivity contribution is 6.29. The highest BCUT2D eigenvalue weighted by Crippen LogP contribution is 2.07. The number of aromatic nitrogens is 2. The van der Waals surface area contributed by atoms with Crippen molar-refractivity contribution in [3.05, 3.63) is 17.5 Å².